The fraction of sp³-hybridized carbons (Fsp3) is 0.188. The molecule has 0 aliphatic heterocycles. The Morgan fingerprint density at radius 1 is 0.926 bits per heavy atom. The third-order valence-electron chi connectivity index (χ3n) is 3.31. The van der Waals surface area contributed by atoms with Gasteiger partial charge in [-0.3, -0.25) is 9.20 Å². The van der Waals surface area contributed by atoms with Crippen LogP contribution in [0.5, 0.6) is 0 Å². The molecule has 0 aliphatic carbocycles. The number of halogens is 6. The lowest BCUT2D eigenvalue weighted by atomic mass is 10.2. The van der Waals surface area contributed by atoms with Crippen molar-refractivity contribution < 1.29 is 31.1 Å². The molecule has 0 atom stereocenters. The smallest absolute Gasteiger partial charge is 0.384 e. The van der Waals surface area contributed by atoms with E-state index in [-0.39, 0.29) is 17.3 Å². The average Bonchev–Trinajstić information content (AvgIpc) is 2.97. The molecule has 2 N–H and O–H groups in total. The molecule has 144 valence electrons. The van der Waals surface area contributed by atoms with Gasteiger partial charge < -0.3 is 5.73 Å². The molecule has 5 nitrogen and oxygen atoms in total. The number of fused-ring (bicyclic) bond motifs is 1. The van der Waals surface area contributed by atoms with Crippen molar-refractivity contribution in [2.24, 2.45) is 0 Å². The standard InChI is InChI=1S/C10H7F3N2O.C6H5F3N2/c1-6(16)8-4-14-9-3-2-7(5-15(8)9)10(11,12)13;7-6(8,9)4-1-2-5(10)11-3-4/h2-5H,1H3;1-3H,(H2,10,11). The number of nitrogen functional groups attached to an aromatic ring is 1. The van der Waals surface area contributed by atoms with Crippen molar-refractivity contribution in [1.29, 1.82) is 0 Å². The second-order valence-corrected chi connectivity index (χ2v) is 5.31. The Bertz CT molecular complexity index is 944. The van der Waals surface area contributed by atoms with Gasteiger partial charge in [-0.15, -0.1) is 0 Å². The van der Waals surface area contributed by atoms with Gasteiger partial charge in [0.05, 0.1) is 17.3 Å². The topological polar surface area (TPSA) is 73.3 Å². The Hall–Kier alpha value is -3.11. The average molecular weight is 390 g/mol. The summed E-state index contributed by atoms with van der Waals surface area (Å²) in [6, 6.07) is 4.17. The molecule has 0 bridgehead atoms. The van der Waals surface area contributed by atoms with E-state index in [1.807, 2.05) is 0 Å². The fourth-order valence-electron chi connectivity index (χ4n) is 1.98. The minimum absolute atomic E-state index is 0.0815. The number of pyridine rings is 2. The molecule has 3 heterocycles. The van der Waals surface area contributed by atoms with E-state index in [0.717, 1.165) is 28.8 Å². The van der Waals surface area contributed by atoms with Gasteiger partial charge in [-0.25, -0.2) is 9.97 Å². The Morgan fingerprint density at radius 2 is 1.52 bits per heavy atom. The maximum Gasteiger partial charge on any atom is 0.417 e. The molecule has 0 amide bonds. The summed E-state index contributed by atoms with van der Waals surface area (Å²) in [7, 11) is 0. The number of hydrogen-bond donors (Lipinski definition) is 1. The number of Topliss-reactive ketones (excluding diaryl/α,β-unsaturated/α-hetero) is 1. The second kappa shape index (κ2) is 7.25. The number of carbonyl (C=O) groups excluding carboxylic acids is 1. The van der Waals surface area contributed by atoms with E-state index >= 15 is 0 Å². The maximum atomic E-state index is 12.4. The fourth-order valence-corrected chi connectivity index (χ4v) is 1.98. The summed E-state index contributed by atoms with van der Waals surface area (Å²) in [5.74, 6) is -0.246. The minimum Gasteiger partial charge on any atom is -0.384 e. The highest BCUT2D eigenvalue weighted by Gasteiger charge is 2.31. The van der Waals surface area contributed by atoms with E-state index in [4.69, 9.17) is 5.73 Å². The molecule has 3 aromatic rings. The van der Waals surface area contributed by atoms with Gasteiger partial charge in [0.25, 0.3) is 0 Å². The van der Waals surface area contributed by atoms with E-state index in [9.17, 15) is 31.1 Å². The molecule has 0 unspecified atom stereocenters. The van der Waals surface area contributed by atoms with Gasteiger partial charge in [-0.2, -0.15) is 26.3 Å². The van der Waals surface area contributed by atoms with Gasteiger partial charge in [0.1, 0.15) is 17.2 Å². The Balaban J connectivity index is 0.000000208. The number of carbonyl (C=O) groups is 1. The monoisotopic (exact) mass is 390 g/mol. The van der Waals surface area contributed by atoms with Gasteiger partial charge >= 0.3 is 12.4 Å². The number of nitrogens with zero attached hydrogens (tertiary/aromatic N) is 3. The summed E-state index contributed by atoms with van der Waals surface area (Å²) in [4.78, 5) is 18.3. The summed E-state index contributed by atoms with van der Waals surface area (Å²) < 4.78 is 74.0. The summed E-state index contributed by atoms with van der Waals surface area (Å²) in [6.45, 7) is 1.28. The van der Waals surface area contributed by atoms with Gasteiger partial charge in [-0.1, -0.05) is 0 Å². The van der Waals surface area contributed by atoms with Crippen molar-refractivity contribution >= 4 is 17.2 Å². The molecule has 0 aliphatic rings. The van der Waals surface area contributed by atoms with Crippen molar-refractivity contribution in [2.45, 2.75) is 19.3 Å². The first kappa shape index (κ1) is 20.2. The largest absolute Gasteiger partial charge is 0.417 e. The third kappa shape index (κ3) is 4.96. The van der Waals surface area contributed by atoms with Gasteiger partial charge in [0.15, 0.2) is 5.78 Å². The van der Waals surface area contributed by atoms with Crippen LogP contribution in [0.4, 0.5) is 32.2 Å². The summed E-state index contributed by atoms with van der Waals surface area (Å²) in [5, 5.41) is 0. The van der Waals surface area contributed by atoms with E-state index < -0.39 is 23.5 Å². The molecular weight excluding hydrogens is 378 g/mol. The van der Waals surface area contributed by atoms with Crippen LogP contribution in [0.3, 0.4) is 0 Å². The van der Waals surface area contributed by atoms with Crippen LogP contribution in [0.25, 0.3) is 5.65 Å². The van der Waals surface area contributed by atoms with Crippen LogP contribution in [0.2, 0.25) is 0 Å². The lowest BCUT2D eigenvalue weighted by molar-refractivity contribution is -0.138. The summed E-state index contributed by atoms with van der Waals surface area (Å²) >= 11 is 0. The molecule has 27 heavy (non-hydrogen) atoms. The second-order valence-electron chi connectivity index (χ2n) is 5.31. The molecule has 0 saturated heterocycles. The van der Waals surface area contributed by atoms with Crippen LogP contribution >= 0.6 is 0 Å². The zero-order valence-corrected chi connectivity index (χ0v) is 13.6. The molecule has 0 aromatic carbocycles. The van der Waals surface area contributed by atoms with Crippen molar-refractivity contribution in [1.82, 2.24) is 14.4 Å². The van der Waals surface area contributed by atoms with Gasteiger partial charge in [0, 0.05) is 19.3 Å². The predicted molar refractivity (Wildman–Crippen MR) is 83.8 cm³/mol. The van der Waals surface area contributed by atoms with Crippen LogP contribution < -0.4 is 5.73 Å². The van der Waals surface area contributed by atoms with Crippen LogP contribution in [0, 0.1) is 0 Å². The molecular formula is C16H12F6N4O. The number of aromatic nitrogens is 3. The highest BCUT2D eigenvalue weighted by atomic mass is 19.4. The van der Waals surface area contributed by atoms with E-state index in [1.165, 1.54) is 19.2 Å². The van der Waals surface area contributed by atoms with Crippen molar-refractivity contribution in [3.8, 4) is 0 Å². The summed E-state index contributed by atoms with van der Waals surface area (Å²) in [6.07, 6.45) is -5.92. The molecule has 0 saturated carbocycles. The number of anilines is 1. The number of ketones is 1. The minimum atomic E-state index is -4.42. The Morgan fingerprint density at radius 3 is 2.00 bits per heavy atom. The SMILES string of the molecule is CC(=O)c1cnc2ccc(C(F)(F)F)cn12.Nc1ccc(C(F)(F)F)cn1. The first-order valence-electron chi connectivity index (χ1n) is 7.23. The highest BCUT2D eigenvalue weighted by molar-refractivity contribution is 5.93. The van der Waals surface area contributed by atoms with Crippen LogP contribution in [-0.2, 0) is 12.4 Å². The molecule has 0 fully saturated rings. The lowest BCUT2D eigenvalue weighted by Crippen LogP contribution is -2.07. The van der Waals surface area contributed by atoms with E-state index in [0.29, 0.717) is 11.8 Å². The molecule has 0 radical (unpaired) electrons. The number of alkyl halides is 6. The van der Waals surface area contributed by atoms with Crippen molar-refractivity contribution in [3.05, 3.63) is 59.7 Å². The highest BCUT2D eigenvalue weighted by Crippen LogP contribution is 2.29. The van der Waals surface area contributed by atoms with E-state index in [2.05, 4.69) is 9.97 Å². The van der Waals surface area contributed by atoms with Crippen molar-refractivity contribution in [3.63, 3.8) is 0 Å². The number of imidazole rings is 1. The number of rotatable bonds is 1. The van der Waals surface area contributed by atoms with Crippen LogP contribution in [0.15, 0.2) is 42.9 Å². The van der Waals surface area contributed by atoms with Gasteiger partial charge in [0.2, 0.25) is 0 Å². The predicted octanol–water partition coefficient (Wildman–Crippen LogP) is 4.24. The Kier molecular flexibility index (Phi) is 5.43. The zero-order valence-electron chi connectivity index (χ0n) is 13.6. The zero-order chi connectivity index (χ0) is 20.4. The van der Waals surface area contributed by atoms with Gasteiger partial charge in [-0.05, 0) is 24.3 Å². The first-order chi connectivity index (χ1) is 12.4. The quantitative estimate of drug-likeness (QED) is 0.498. The summed E-state index contributed by atoms with van der Waals surface area (Å²) in [5.41, 5.74) is 3.96. The molecule has 11 heteroatoms. The van der Waals surface area contributed by atoms with Crippen LogP contribution in [0.1, 0.15) is 28.5 Å². The molecule has 0 spiro atoms. The number of hydrogen-bond acceptors (Lipinski definition) is 4. The maximum absolute atomic E-state index is 12.4. The first-order valence-corrected chi connectivity index (χ1v) is 7.23. The third-order valence-corrected chi connectivity index (χ3v) is 3.31. The normalized spacial score (nSPS) is 11.8. The molecule has 3 rings (SSSR count). The number of nitrogens with two attached hydrogens (primary N) is 1. The van der Waals surface area contributed by atoms with Crippen LogP contribution in [-0.4, -0.2) is 20.2 Å². The lowest BCUT2D eigenvalue weighted by Gasteiger charge is -2.07. The van der Waals surface area contributed by atoms with E-state index in [1.54, 1.807) is 0 Å². The molecule has 3 aromatic heterocycles. The van der Waals surface area contributed by atoms with Crippen molar-refractivity contribution in [2.75, 3.05) is 5.73 Å². The Labute approximate surface area is 148 Å².